The van der Waals surface area contributed by atoms with Crippen LogP contribution in [0.4, 0.5) is 0 Å². The van der Waals surface area contributed by atoms with Gasteiger partial charge in [0.05, 0.1) is 13.2 Å². The molecule has 7 heteroatoms. The molecule has 35 heavy (non-hydrogen) atoms. The Bertz CT molecular complexity index is 928. The zero-order valence-corrected chi connectivity index (χ0v) is 21.2. The molecule has 7 nitrogen and oxygen atoms in total. The highest BCUT2D eigenvalue weighted by molar-refractivity contribution is 5.98. The SMILES string of the molecule is CCCCOc1ccc(C(=O)NC(C(=O)NC(Cc2ccccc2)C(=O)OCCC)C(C)C)cc1. The maximum Gasteiger partial charge on any atom is 0.328 e. The van der Waals surface area contributed by atoms with Gasteiger partial charge in [0.2, 0.25) is 5.91 Å². The Hall–Kier alpha value is -3.35. The molecule has 0 aliphatic rings. The summed E-state index contributed by atoms with van der Waals surface area (Å²) in [6.07, 6.45) is 2.99. The van der Waals surface area contributed by atoms with Crippen molar-refractivity contribution in [3.05, 3.63) is 65.7 Å². The molecule has 0 heterocycles. The van der Waals surface area contributed by atoms with Crippen LogP contribution in [0.5, 0.6) is 5.75 Å². The summed E-state index contributed by atoms with van der Waals surface area (Å²) in [5.74, 6) is -0.784. The molecule has 0 spiro atoms. The zero-order chi connectivity index (χ0) is 25.6. The average molecular weight is 483 g/mol. The van der Waals surface area contributed by atoms with Gasteiger partial charge in [-0.25, -0.2) is 4.79 Å². The number of ether oxygens (including phenoxy) is 2. The molecule has 2 amide bonds. The first-order valence-corrected chi connectivity index (χ1v) is 12.4. The molecule has 2 aromatic rings. The molecule has 2 atom stereocenters. The minimum Gasteiger partial charge on any atom is -0.494 e. The highest BCUT2D eigenvalue weighted by atomic mass is 16.5. The van der Waals surface area contributed by atoms with E-state index in [1.807, 2.05) is 51.1 Å². The van der Waals surface area contributed by atoms with Gasteiger partial charge in [0.15, 0.2) is 0 Å². The van der Waals surface area contributed by atoms with E-state index in [0.717, 1.165) is 18.4 Å². The number of rotatable bonds is 14. The first-order valence-electron chi connectivity index (χ1n) is 12.4. The zero-order valence-electron chi connectivity index (χ0n) is 21.2. The van der Waals surface area contributed by atoms with Crippen molar-refractivity contribution in [1.29, 1.82) is 0 Å². The summed E-state index contributed by atoms with van der Waals surface area (Å²) < 4.78 is 11.0. The fourth-order valence-corrected chi connectivity index (χ4v) is 3.40. The van der Waals surface area contributed by atoms with Crippen molar-refractivity contribution in [2.75, 3.05) is 13.2 Å². The number of carbonyl (C=O) groups is 3. The molecular weight excluding hydrogens is 444 g/mol. The van der Waals surface area contributed by atoms with Crippen molar-refractivity contribution in [3.8, 4) is 5.75 Å². The topological polar surface area (TPSA) is 93.7 Å². The van der Waals surface area contributed by atoms with Crippen LogP contribution in [0.3, 0.4) is 0 Å². The van der Waals surface area contributed by atoms with Gasteiger partial charge in [-0.3, -0.25) is 9.59 Å². The Kier molecular flexibility index (Phi) is 11.8. The Morgan fingerprint density at radius 2 is 1.54 bits per heavy atom. The van der Waals surface area contributed by atoms with Gasteiger partial charge in [-0.1, -0.05) is 64.4 Å². The fraction of sp³-hybridized carbons (Fsp3) is 0.464. The van der Waals surface area contributed by atoms with Gasteiger partial charge in [0, 0.05) is 12.0 Å². The summed E-state index contributed by atoms with van der Waals surface area (Å²) in [5.41, 5.74) is 1.33. The van der Waals surface area contributed by atoms with E-state index in [1.165, 1.54) is 0 Å². The smallest absolute Gasteiger partial charge is 0.328 e. The van der Waals surface area contributed by atoms with Crippen molar-refractivity contribution < 1.29 is 23.9 Å². The van der Waals surface area contributed by atoms with E-state index in [1.54, 1.807) is 24.3 Å². The van der Waals surface area contributed by atoms with Crippen LogP contribution in [0, 0.1) is 5.92 Å². The van der Waals surface area contributed by atoms with Gasteiger partial charge >= 0.3 is 5.97 Å². The van der Waals surface area contributed by atoms with E-state index < -0.39 is 24.0 Å². The summed E-state index contributed by atoms with van der Waals surface area (Å²) in [5, 5.41) is 5.61. The van der Waals surface area contributed by atoms with Crippen LogP contribution in [-0.4, -0.2) is 43.1 Å². The molecule has 0 aliphatic heterocycles. The summed E-state index contributed by atoms with van der Waals surface area (Å²) >= 11 is 0. The van der Waals surface area contributed by atoms with E-state index >= 15 is 0 Å². The number of carbonyl (C=O) groups excluding carboxylic acids is 3. The largest absolute Gasteiger partial charge is 0.494 e. The molecule has 0 saturated heterocycles. The highest BCUT2D eigenvalue weighted by Gasteiger charge is 2.30. The lowest BCUT2D eigenvalue weighted by molar-refractivity contribution is -0.148. The Morgan fingerprint density at radius 3 is 2.14 bits per heavy atom. The third-order valence-electron chi connectivity index (χ3n) is 5.45. The molecule has 2 unspecified atom stereocenters. The monoisotopic (exact) mass is 482 g/mol. The van der Waals surface area contributed by atoms with Crippen LogP contribution >= 0.6 is 0 Å². The van der Waals surface area contributed by atoms with Crippen LogP contribution in [0.25, 0.3) is 0 Å². The maximum absolute atomic E-state index is 13.2. The van der Waals surface area contributed by atoms with Crippen LogP contribution in [0.1, 0.15) is 62.9 Å². The van der Waals surface area contributed by atoms with Crippen molar-refractivity contribution in [3.63, 3.8) is 0 Å². The quantitative estimate of drug-likeness (QED) is 0.309. The molecule has 0 aliphatic carbocycles. The van der Waals surface area contributed by atoms with Gasteiger partial charge in [-0.05, 0) is 48.6 Å². The van der Waals surface area contributed by atoms with E-state index in [0.29, 0.717) is 30.8 Å². The van der Waals surface area contributed by atoms with Gasteiger partial charge in [0.1, 0.15) is 17.8 Å². The van der Waals surface area contributed by atoms with Crippen LogP contribution in [0.2, 0.25) is 0 Å². The second-order valence-electron chi connectivity index (χ2n) is 8.84. The van der Waals surface area contributed by atoms with Crippen molar-refractivity contribution in [1.82, 2.24) is 10.6 Å². The summed E-state index contributed by atoms with van der Waals surface area (Å²) in [6, 6.07) is 14.6. The van der Waals surface area contributed by atoms with Crippen molar-refractivity contribution >= 4 is 17.8 Å². The van der Waals surface area contributed by atoms with E-state index in [4.69, 9.17) is 9.47 Å². The number of nitrogens with one attached hydrogen (secondary N) is 2. The normalized spacial score (nSPS) is 12.5. The number of hydrogen-bond donors (Lipinski definition) is 2. The maximum atomic E-state index is 13.2. The molecule has 2 rings (SSSR count). The molecule has 0 saturated carbocycles. The first-order chi connectivity index (χ1) is 16.8. The summed E-state index contributed by atoms with van der Waals surface area (Å²) in [4.78, 5) is 38.7. The molecule has 2 aromatic carbocycles. The third kappa shape index (κ3) is 9.43. The number of unbranched alkanes of at least 4 members (excludes halogenated alkanes) is 1. The number of amides is 2. The van der Waals surface area contributed by atoms with Crippen LogP contribution in [0.15, 0.2) is 54.6 Å². The number of benzene rings is 2. The van der Waals surface area contributed by atoms with Crippen molar-refractivity contribution in [2.24, 2.45) is 5.92 Å². The Labute approximate surface area is 208 Å². The standard InChI is InChI=1S/C28H38N2O5/c1-5-7-18-34-23-15-13-22(14-16-23)26(31)30-25(20(3)4)27(32)29-24(28(33)35-17-6-2)19-21-11-9-8-10-12-21/h8-16,20,24-25H,5-7,17-19H2,1-4H3,(H,29,32)(H,30,31). The van der Waals surface area contributed by atoms with E-state index in [9.17, 15) is 14.4 Å². The van der Waals surface area contributed by atoms with E-state index in [2.05, 4.69) is 17.6 Å². The third-order valence-corrected chi connectivity index (χ3v) is 5.45. The summed E-state index contributed by atoms with van der Waals surface area (Å²) in [7, 11) is 0. The lowest BCUT2D eigenvalue weighted by atomic mass is 10.0. The van der Waals surface area contributed by atoms with Gasteiger partial charge in [-0.15, -0.1) is 0 Å². The summed E-state index contributed by atoms with van der Waals surface area (Å²) in [6.45, 7) is 8.60. The van der Waals surface area contributed by atoms with Gasteiger partial charge in [-0.2, -0.15) is 0 Å². The Balaban J connectivity index is 2.08. The molecule has 0 bridgehead atoms. The predicted octanol–water partition coefficient (Wildman–Crippen LogP) is 4.30. The van der Waals surface area contributed by atoms with Crippen LogP contribution < -0.4 is 15.4 Å². The highest BCUT2D eigenvalue weighted by Crippen LogP contribution is 2.14. The van der Waals surface area contributed by atoms with E-state index in [-0.39, 0.29) is 18.4 Å². The predicted molar refractivity (Wildman–Crippen MR) is 136 cm³/mol. The molecule has 0 radical (unpaired) electrons. The first kappa shape index (κ1) is 27.9. The molecule has 2 N–H and O–H groups in total. The molecular formula is C28H38N2O5. The second-order valence-corrected chi connectivity index (χ2v) is 8.84. The second kappa shape index (κ2) is 14.8. The van der Waals surface area contributed by atoms with Gasteiger partial charge < -0.3 is 20.1 Å². The average Bonchev–Trinajstić information content (AvgIpc) is 2.86. The molecule has 0 aromatic heterocycles. The van der Waals surface area contributed by atoms with Crippen LogP contribution in [-0.2, 0) is 20.7 Å². The number of hydrogen-bond acceptors (Lipinski definition) is 5. The number of esters is 1. The molecule has 0 fully saturated rings. The Morgan fingerprint density at radius 1 is 0.857 bits per heavy atom. The fourth-order valence-electron chi connectivity index (χ4n) is 3.40. The minimum atomic E-state index is -0.853. The lowest BCUT2D eigenvalue weighted by Crippen LogP contribution is -2.54. The van der Waals surface area contributed by atoms with Gasteiger partial charge in [0.25, 0.3) is 5.91 Å². The van der Waals surface area contributed by atoms with Crippen molar-refractivity contribution in [2.45, 2.75) is 65.5 Å². The lowest BCUT2D eigenvalue weighted by Gasteiger charge is -2.25. The minimum absolute atomic E-state index is 0.195. The molecule has 190 valence electrons.